The van der Waals surface area contributed by atoms with E-state index in [9.17, 15) is 38.2 Å². The van der Waals surface area contributed by atoms with E-state index in [2.05, 4.69) is 8.62 Å². The number of rotatable bonds is 4. The van der Waals surface area contributed by atoms with E-state index in [0.717, 1.165) is 0 Å². The van der Waals surface area contributed by atoms with Gasteiger partial charge in [-0.05, 0) is 0 Å². The molecule has 0 aromatic rings. The molecule has 0 aliphatic rings. The Balaban J connectivity index is -0.000000720. The molecule has 0 heterocycles. The smallest absolute Gasteiger partial charge is 0.790 e. The second-order valence-corrected chi connectivity index (χ2v) is 5.49. The van der Waals surface area contributed by atoms with Crippen LogP contribution in [0.25, 0.3) is 0 Å². The summed E-state index contributed by atoms with van der Waals surface area (Å²) in [5, 5.41) is 0. The van der Waals surface area contributed by atoms with Gasteiger partial charge in [-0.1, -0.05) is 0 Å². The zero-order chi connectivity index (χ0) is 10.9. The van der Waals surface area contributed by atoms with E-state index >= 15 is 0 Å². The van der Waals surface area contributed by atoms with Gasteiger partial charge in [-0.25, -0.2) is 0 Å². The molecular formula is AlO10P3Pb. The third-order valence-corrected chi connectivity index (χ3v) is 3.60. The van der Waals surface area contributed by atoms with E-state index < -0.39 is 23.5 Å². The van der Waals surface area contributed by atoms with Crippen molar-refractivity contribution >= 4 is 68.1 Å². The number of hydrogen-bond donors (Lipinski definition) is 0. The van der Waals surface area contributed by atoms with E-state index in [1.54, 1.807) is 0 Å². The Morgan fingerprint density at radius 2 is 0.933 bits per heavy atom. The zero-order valence-electron chi connectivity index (χ0n) is 6.50. The molecule has 2 radical (unpaired) electrons. The average Bonchev–Trinajstić information content (AvgIpc) is 1.43. The van der Waals surface area contributed by atoms with Crippen LogP contribution in [0.1, 0.15) is 0 Å². The Kier molecular flexibility index (Phi) is 10.8. The summed E-state index contributed by atoms with van der Waals surface area (Å²) < 4.78 is 34.7. The first kappa shape index (κ1) is 22.1. The molecule has 0 atom stereocenters. The molecule has 0 bridgehead atoms. The quantitative estimate of drug-likeness (QED) is 0.276. The average molecular weight is 487 g/mol. The fourth-order valence-electron chi connectivity index (χ4n) is 0.260. The van der Waals surface area contributed by atoms with Crippen molar-refractivity contribution in [3.8, 4) is 0 Å². The third kappa shape index (κ3) is 15.9. The number of phosphoric acid groups is 3. The Bertz CT molecular complexity index is 283. The molecule has 0 fully saturated rings. The van der Waals surface area contributed by atoms with Crippen LogP contribution in [0.4, 0.5) is 0 Å². The van der Waals surface area contributed by atoms with Crippen molar-refractivity contribution in [1.82, 2.24) is 0 Å². The maximum atomic E-state index is 10.1. The van der Waals surface area contributed by atoms with Crippen LogP contribution in [0.3, 0.4) is 0 Å². The van der Waals surface area contributed by atoms with Gasteiger partial charge in [0.25, 0.3) is 7.82 Å². The van der Waals surface area contributed by atoms with E-state index in [1.807, 2.05) is 0 Å². The maximum absolute atomic E-state index is 10.1. The van der Waals surface area contributed by atoms with Crippen molar-refractivity contribution in [2.45, 2.75) is 0 Å². The molecule has 0 unspecified atom stereocenters. The molecule has 0 saturated carbocycles. The van der Waals surface area contributed by atoms with Crippen molar-refractivity contribution in [2.75, 3.05) is 0 Å². The van der Waals surface area contributed by atoms with E-state index in [0.29, 0.717) is 0 Å². The Morgan fingerprint density at radius 3 is 1.07 bits per heavy atom. The summed E-state index contributed by atoms with van der Waals surface area (Å²) in [5.74, 6) is 0. The first-order chi connectivity index (χ1) is 5.41. The minimum absolute atomic E-state index is 0. The molecule has 15 heavy (non-hydrogen) atoms. The molecular weight excluding hydrogens is 487 g/mol. The minimum atomic E-state index is -5.97. The summed E-state index contributed by atoms with van der Waals surface area (Å²) in [4.78, 5) is 48.6. The van der Waals surface area contributed by atoms with Crippen LogP contribution in [-0.2, 0) is 22.3 Å². The normalized spacial score (nSPS) is 12.6. The monoisotopic (exact) mass is 488 g/mol. The molecule has 0 aromatic carbocycles. The minimum Gasteiger partial charge on any atom is -0.790 e. The zero-order valence-corrected chi connectivity index (χ0v) is 14.2. The topological polar surface area (TPSA) is 185 Å². The predicted octanol–water partition coefficient (Wildman–Crippen LogP) is -4.62. The Labute approximate surface area is 114 Å². The molecule has 0 spiro atoms. The van der Waals surface area contributed by atoms with Gasteiger partial charge in [-0.3, -0.25) is 13.2 Å². The van der Waals surface area contributed by atoms with Crippen molar-refractivity contribution < 1.29 is 46.8 Å². The van der Waals surface area contributed by atoms with Crippen LogP contribution in [0.2, 0.25) is 0 Å². The van der Waals surface area contributed by atoms with Gasteiger partial charge in [0.15, 0.2) is 0 Å². The fraction of sp³-hybridized carbons (Fsp3) is 0. The van der Waals surface area contributed by atoms with Crippen LogP contribution in [0, 0.1) is 0 Å². The van der Waals surface area contributed by atoms with Crippen molar-refractivity contribution in [3.05, 3.63) is 0 Å². The summed E-state index contributed by atoms with van der Waals surface area (Å²) in [5.41, 5.74) is 0. The summed E-state index contributed by atoms with van der Waals surface area (Å²) in [6.45, 7) is 0. The van der Waals surface area contributed by atoms with Crippen LogP contribution >= 0.6 is 23.5 Å². The molecule has 82 valence electrons. The standard InChI is InChI=1S/Al.H5O10P3.Pb/c;1-11(2,3)9-13(7,8)10-12(4,5)6;/h;(H,7,8)(H2,1,2,3)(H2,4,5,6);/q+3;;+2/p-5. The van der Waals surface area contributed by atoms with Gasteiger partial charge in [0.1, 0.15) is 0 Å². The van der Waals surface area contributed by atoms with Crippen LogP contribution < -0.4 is 24.5 Å². The predicted molar refractivity (Wildman–Crippen MR) is 36.5 cm³/mol. The largest absolute Gasteiger partial charge is 3.00 e. The first-order valence-electron chi connectivity index (χ1n) is 2.19. The van der Waals surface area contributed by atoms with Gasteiger partial charge in [0, 0.05) is 0 Å². The molecule has 0 amide bonds. The van der Waals surface area contributed by atoms with Crippen LogP contribution in [-0.4, -0.2) is 44.7 Å². The van der Waals surface area contributed by atoms with Crippen LogP contribution in [0.5, 0.6) is 0 Å². The molecule has 0 aromatic heterocycles. The SMILES string of the molecule is O=P([O-])([O-])OP(=O)([O-])OP(=O)([O-])[O-].[Al+3].[Pb+2]. The van der Waals surface area contributed by atoms with Gasteiger partial charge < -0.3 is 33.6 Å². The summed E-state index contributed by atoms with van der Waals surface area (Å²) >= 11 is 0. The summed E-state index contributed by atoms with van der Waals surface area (Å²) in [7, 11) is -17.9. The van der Waals surface area contributed by atoms with Gasteiger partial charge in [0.05, 0.1) is 15.6 Å². The molecule has 0 aliphatic heterocycles. The fourth-order valence-corrected chi connectivity index (χ4v) is 2.61. The maximum Gasteiger partial charge on any atom is 3.00 e. The molecule has 0 N–H and O–H groups in total. The summed E-state index contributed by atoms with van der Waals surface area (Å²) in [6.07, 6.45) is 0. The van der Waals surface area contributed by atoms with Crippen molar-refractivity contribution in [1.29, 1.82) is 0 Å². The van der Waals surface area contributed by atoms with Gasteiger partial charge in [-0.2, -0.15) is 0 Å². The molecule has 15 heteroatoms. The van der Waals surface area contributed by atoms with E-state index in [4.69, 9.17) is 0 Å². The van der Waals surface area contributed by atoms with Gasteiger partial charge >= 0.3 is 44.7 Å². The first-order valence-corrected chi connectivity index (χ1v) is 6.57. The molecule has 0 saturated heterocycles. The second-order valence-electron chi connectivity index (χ2n) is 1.50. The van der Waals surface area contributed by atoms with Crippen molar-refractivity contribution in [2.24, 2.45) is 0 Å². The van der Waals surface area contributed by atoms with Gasteiger partial charge in [0.2, 0.25) is 0 Å². The van der Waals surface area contributed by atoms with Crippen molar-refractivity contribution in [3.63, 3.8) is 0 Å². The Hall–Kier alpha value is 1.86. The number of hydrogen-bond acceptors (Lipinski definition) is 10. The van der Waals surface area contributed by atoms with E-state index in [-0.39, 0.29) is 44.7 Å². The molecule has 0 aliphatic carbocycles. The van der Waals surface area contributed by atoms with E-state index in [1.165, 1.54) is 0 Å². The third-order valence-electron chi connectivity index (χ3n) is 0.400. The molecule has 0 rings (SSSR count). The van der Waals surface area contributed by atoms with Crippen LogP contribution in [0.15, 0.2) is 0 Å². The Morgan fingerprint density at radius 1 is 0.733 bits per heavy atom. The van der Waals surface area contributed by atoms with Gasteiger partial charge in [-0.15, -0.1) is 0 Å². The summed E-state index contributed by atoms with van der Waals surface area (Å²) in [6, 6.07) is 0. The molecule has 10 nitrogen and oxygen atoms in total. The second kappa shape index (κ2) is 7.33.